The monoisotopic (exact) mass is 456 g/mol. The average molecular weight is 457 g/mol. The Morgan fingerprint density at radius 3 is 2.39 bits per heavy atom. The molecule has 0 aliphatic carbocycles. The Labute approximate surface area is 189 Å². The topological polar surface area (TPSA) is 97.1 Å². The number of nitrogens with one attached hydrogen (secondary N) is 1. The summed E-state index contributed by atoms with van der Waals surface area (Å²) >= 11 is 3.05. The molecule has 1 amide bonds. The Morgan fingerprint density at radius 1 is 1.10 bits per heavy atom. The van der Waals surface area contributed by atoms with Crippen LogP contribution in [0.2, 0.25) is 0 Å². The van der Waals surface area contributed by atoms with Gasteiger partial charge in [-0.05, 0) is 57.2 Å². The zero-order valence-electron chi connectivity index (χ0n) is 17.5. The van der Waals surface area contributed by atoms with Crippen molar-refractivity contribution in [2.45, 2.75) is 48.4 Å². The van der Waals surface area contributed by atoms with Crippen molar-refractivity contribution in [3.8, 4) is 0 Å². The van der Waals surface area contributed by atoms with Gasteiger partial charge in [0.1, 0.15) is 5.82 Å². The summed E-state index contributed by atoms with van der Waals surface area (Å²) in [7, 11) is 0. The van der Waals surface area contributed by atoms with Crippen molar-refractivity contribution in [2.75, 3.05) is 5.32 Å². The number of hydrogen-bond acceptors (Lipinski definition) is 6. The van der Waals surface area contributed by atoms with E-state index in [2.05, 4.69) is 46.7 Å². The van der Waals surface area contributed by atoms with E-state index in [1.807, 2.05) is 11.5 Å². The highest BCUT2D eigenvalue weighted by atomic mass is 32.2. The summed E-state index contributed by atoms with van der Waals surface area (Å²) in [5, 5.41) is 20.7. The van der Waals surface area contributed by atoms with Gasteiger partial charge in [-0.3, -0.25) is 4.79 Å². The first-order valence-corrected chi connectivity index (χ1v) is 11.7. The van der Waals surface area contributed by atoms with E-state index in [1.54, 1.807) is 30.8 Å². The first-order valence-electron chi connectivity index (χ1n) is 9.79. The molecule has 2 aromatic carbocycles. The lowest BCUT2D eigenvalue weighted by molar-refractivity contribution is -0.115. The van der Waals surface area contributed by atoms with E-state index < -0.39 is 11.2 Å². The third kappa shape index (κ3) is 6.11. The summed E-state index contributed by atoms with van der Waals surface area (Å²) in [6, 6.07) is 14.4. The maximum Gasteiger partial charge on any atom is 0.335 e. The molecule has 0 aliphatic rings. The number of carbonyl (C=O) groups is 2. The minimum atomic E-state index is -1.00. The predicted octanol–water partition coefficient (Wildman–Crippen LogP) is 4.72. The maximum absolute atomic E-state index is 12.6. The first kappa shape index (κ1) is 22.9. The molecule has 1 aromatic heterocycles. The van der Waals surface area contributed by atoms with Crippen LogP contribution in [0.3, 0.4) is 0 Å². The van der Waals surface area contributed by atoms with Crippen molar-refractivity contribution in [1.29, 1.82) is 0 Å². The van der Waals surface area contributed by atoms with Gasteiger partial charge in [0.05, 0.1) is 16.6 Å². The molecular formula is C22H24N4O3S2. The maximum atomic E-state index is 12.6. The lowest BCUT2D eigenvalue weighted by Crippen LogP contribution is -2.23. The smallest absolute Gasteiger partial charge is 0.335 e. The summed E-state index contributed by atoms with van der Waals surface area (Å²) in [5.41, 5.74) is 1.95. The first-order chi connectivity index (χ1) is 14.9. The Morgan fingerprint density at radius 2 is 1.77 bits per heavy atom. The van der Waals surface area contributed by atoms with Crippen LogP contribution < -0.4 is 5.32 Å². The molecule has 1 heterocycles. The molecule has 162 valence electrons. The van der Waals surface area contributed by atoms with Crippen molar-refractivity contribution in [1.82, 2.24) is 14.8 Å². The number of carbonyl (C=O) groups excluding carboxylic acids is 1. The van der Waals surface area contributed by atoms with Crippen molar-refractivity contribution in [2.24, 2.45) is 0 Å². The van der Waals surface area contributed by atoms with E-state index in [9.17, 15) is 9.59 Å². The number of aromatic nitrogens is 3. The van der Waals surface area contributed by atoms with Gasteiger partial charge in [-0.25, -0.2) is 4.79 Å². The van der Waals surface area contributed by atoms with Crippen LogP contribution in [-0.2, 0) is 17.1 Å². The highest BCUT2D eigenvalue weighted by Crippen LogP contribution is 2.27. The number of rotatable bonds is 9. The molecule has 0 aliphatic heterocycles. The summed E-state index contributed by atoms with van der Waals surface area (Å²) in [6.45, 7) is 6.61. The van der Waals surface area contributed by atoms with Crippen molar-refractivity contribution in [3.63, 3.8) is 0 Å². The number of anilines is 1. The fourth-order valence-corrected chi connectivity index (χ4v) is 4.53. The van der Waals surface area contributed by atoms with Gasteiger partial charge in [-0.15, -0.1) is 22.0 Å². The van der Waals surface area contributed by atoms with E-state index in [-0.39, 0.29) is 11.5 Å². The second kappa shape index (κ2) is 10.5. The molecule has 3 aromatic rings. The number of aryl methyl sites for hydroxylation is 1. The van der Waals surface area contributed by atoms with Gasteiger partial charge in [0.25, 0.3) is 0 Å². The van der Waals surface area contributed by atoms with Crippen LogP contribution in [0.25, 0.3) is 0 Å². The van der Waals surface area contributed by atoms with Gasteiger partial charge in [0.2, 0.25) is 5.91 Å². The van der Waals surface area contributed by atoms with Crippen molar-refractivity contribution >= 4 is 41.1 Å². The minimum Gasteiger partial charge on any atom is -0.478 e. The zero-order valence-corrected chi connectivity index (χ0v) is 19.2. The number of thioether (sulfide) groups is 2. The number of aromatic carboxylic acids is 1. The van der Waals surface area contributed by atoms with E-state index >= 15 is 0 Å². The third-order valence-electron chi connectivity index (χ3n) is 4.55. The van der Waals surface area contributed by atoms with Crippen LogP contribution in [0, 0.1) is 6.92 Å². The van der Waals surface area contributed by atoms with Crippen molar-refractivity contribution < 1.29 is 14.7 Å². The molecule has 1 unspecified atom stereocenters. The van der Waals surface area contributed by atoms with Gasteiger partial charge >= 0.3 is 5.97 Å². The van der Waals surface area contributed by atoms with Crippen molar-refractivity contribution in [3.05, 3.63) is 65.5 Å². The minimum absolute atomic E-state index is 0.174. The molecule has 0 radical (unpaired) electrons. The standard InChI is InChI=1S/C22H24N4O3S2/c1-4-26-19(13-30-18-11-5-14(2)6-12-18)24-25-22(26)31-15(3)20(27)23-17-9-7-16(8-10-17)21(28)29/h5-12,15H,4,13H2,1-3H3,(H,23,27)(H,28,29). The lowest BCUT2D eigenvalue weighted by Gasteiger charge is -2.13. The summed E-state index contributed by atoms with van der Waals surface area (Å²) in [5.74, 6) is 0.375. The van der Waals surface area contributed by atoms with Gasteiger partial charge < -0.3 is 15.0 Å². The molecule has 0 bridgehead atoms. The molecule has 0 saturated heterocycles. The number of carboxylic acid groups (broad SMARTS) is 1. The van der Waals surface area contributed by atoms with Gasteiger partial charge in [0.15, 0.2) is 5.16 Å². The van der Waals surface area contributed by atoms with Crippen LogP contribution in [0.1, 0.15) is 35.6 Å². The molecule has 7 nitrogen and oxygen atoms in total. The Bertz CT molecular complexity index is 1050. The van der Waals surface area contributed by atoms with E-state index in [1.165, 1.54) is 34.4 Å². The quantitative estimate of drug-likeness (QED) is 0.450. The highest BCUT2D eigenvalue weighted by molar-refractivity contribution is 8.00. The second-order valence-electron chi connectivity index (χ2n) is 6.88. The number of carboxylic acids is 1. The fraction of sp³-hybridized carbons (Fsp3) is 0.273. The average Bonchev–Trinajstić information content (AvgIpc) is 3.15. The molecule has 0 spiro atoms. The van der Waals surface area contributed by atoms with Gasteiger partial charge in [-0.2, -0.15) is 0 Å². The van der Waals surface area contributed by atoms with Crippen LogP contribution in [0.15, 0.2) is 58.6 Å². The second-order valence-corrected chi connectivity index (χ2v) is 9.23. The fourth-order valence-electron chi connectivity index (χ4n) is 2.76. The van der Waals surface area contributed by atoms with Crippen LogP contribution in [0.5, 0.6) is 0 Å². The summed E-state index contributed by atoms with van der Waals surface area (Å²) in [6.07, 6.45) is 0. The molecule has 0 saturated carbocycles. The van der Waals surface area contributed by atoms with E-state index in [0.29, 0.717) is 23.1 Å². The normalized spacial score (nSPS) is 11.8. The Kier molecular flexibility index (Phi) is 7.75. The molecule has 31 heavy (non-hydrogen) atoms. The predicted molar refractivity (Wildman–Crippen MR) is 124 cm³/mol. The van der Waals surface area contributed by atoms with E-state index in [4.69, 9.17) is 5.11 Å². The molecule has 9 heteroatoms. The molecule has 0 fully saturated rings. The van der Waals surface area contributed by atoms with Crippen LogP contribution in [0.4, 0.5) is 5.69 Å². The van der Waals surface area contributed by atoms with E-state index in [0.717, 1.165) is 5.82 Å². The summed E-state index contributed by atoms with van der Waals surface area (Å²) < 4.78 is 2.03. The zero-order chi connectivity index (χ0) is 22.4. The number of hydrogen-bond donors (Lipinski definition) is 2. The lowest BCUT2D eigenvalue weighted by atomic mass is 10.2. The van der Waals surface area contributed by atoms with Crippen LogP contribution >= 0.6 is 23.5 Å². The molecule has 1 atom stereocenters. The largest absolute Gasteiger partial charge is 0.478 e. The SMILES string of the molecule is CCn1c(CSc2ccc(C)cc2)nnc1SC(C)C(=O)Nc1ccc(C(=O)O)cc1. The Hall–Kier alpha value is -2.78. The molecule has 2 N–H and O–H groups in total. The van der Waals surface area contributed by atoms with Gasteiger partial charge in [0, 0.05) is 17.1 Å². The molecule has 3 rings (SSSR count). The number of benzene rings is 2. The van der Waals surface area contributed by atoms with Gasteiger partial charge in [-0.1, -0.05) is 29.5 Å². The third-order valence-corrected chi connectivity index (χ3v) is 6.64. The number of amides is 1. The highest BCUT2D eigenvalue weighted by Gasteiger charge is 2.20. The van der Waals surface area contributed by atoms with Crippen LogP contribution in [-0.4, -0.2) is 37.0 Å². The summed E-state index contributed by atoms with van der Waals surface area (Å²) in [4.78, 5) is 24.7. The molecular weight excluding hydrogens is 432 g/mol. The Balaban J connectivity index is 1.61. The number of nitrogens with zero attached hydrogens (tertiary/aromatic N) is 3.